The van der Waals surface area contributed by atoms with Gasteiger partial charge in [0, 0.05) is 16.6 Å². The van der Waals surface area contributed by atoms with Crippen LogP contribution >= 0.6 is 11.8 Å². The summed E-state index contributed by atoms with van der Waals surface area (Å²) in [6.07, 6.45) is 0. The molecule has 1 aromatic heterocycles. The van der Waals surface area contributed by atoms with Gasteiger partial charge in [-0.25, -0.2) is 4.98 Å². The number of anilines is 3. The van der Waals surface area contributed by atoms with Crippen molar-refractivity contribution in [1.29, 1.82) is 0 Å². The van der Waals surface area contributed by atoms with Crippen LogP contribution in [0.2, 0.25) is 0 Å². The summed E-state index contributed by atoms with van der Waals surface area (Å²) in [5.74, 6) is -0.224. The molecule has 1 heterocycles. The molecule has 0 aliphatic carbocycles. The van der Waals surface area contributed by atoms with Crippen LogP contribution in [0.15, 0.2) is 70.6 Å². The molecular formula is C25H23N5O5S. The molecule has 0 aliphatic rings. The minimum absolute atomic E-state index is 0.0110. The predicted molar refractivity (Wildman–Crippen MR) is 140 cm³/mol. The van der Waals surface area contributed by atoms with Crippen LogP contribution < -0.4 is 31.4 Å². The van der Waals surface area contributed by atoms with E-state index in [9.17, 15) is 14.4 Å². The number of aromatic nitrogens is 2. The number of nitrogens with two attached hydrogens (primary N) is 1. The fourth-order valence-electron chi connectivity index (χ4n) is 3.48. The maximum atomic E-state index is 12.7. The highest BCUT2D eigenvalue weighted by Crippen LogP contribution is 2.28. The van der Waals surface area contributed by atoms with Gasteiger partial charge >= 0.3 is 0 Å². The van der Waals surface area contributed by atoms with Crippen molar-refractivity contribution in [3.63, 3.8) is 0 Å². The summed E-state index contributed by atoms with van der Waals surface area (Å²) in [7, 11) is 2.93. The first-order valence-electron chi connectivity index (χ1n) is 10.7. The molecule has 10 nitrogen and oxygen atoms in total. The summed E-state index contributed by atoms with van der Waals surface area (Å²) >= 11 is 1.01. The number of carbonyl (C=O) groups is 2. The van der Waals surface area contributed by atoms with Gasteiger partial charge in [0.2, 0.25) is 5.91 Å². The Labute approximate surface area is 210 Å². The second-order valence-corrected chi connectivity index (χ2v) is 8.48. The van der Waals surface area contributed by atoms with E-state index in [0.29, 0.717) is 17.2 Å². The third-order valence-electron chi connectivity index (χ3n) is 5.21. The Morgan fingerprint density at radius 3 is 2.50 bits per heavy atom. The minimum Gasteiger partial charge on any atom is -0.493 e. The topological polar surface area (TPSA) is 148 Å². The minimum atomic E-state index is -0.645. The van der Waals surface area contributed by atoms with Gasteiger partial charge in [0.1, 0.15) is 5.69 Å². The molecule has 0 fully saturated rings. The summed E-state index contributed by atoms with van der Waals surface area (Å²) in [5, 5.41) is 7.42. The maximum Gasteiger partial charge on any atom is 0.277 e. The van der Waals surface area contributed by atoms with Crippen molar-refractivity contribution < 1.29 is 19.1 Å². The second kappa shape index (κ2) is 10.8. The number of nitrogen functional groups attached to an aromatic ring is 1. The van der Waals surface area contributed by atoms with Crippen LogP contribution in [-0.2, 0) is 4.79 Å². The number of hydrogen-bond acceptors (Lipinski definition) is 8. The van der Waals surface area contributed by atoms with E-state index in [2.05, 4.69) is 20.6 Å². The fraction of sp³-hybridized carbons (Fsp3) is 0.120. The Bertz CT molecular complexity index is 1500. The quantitative estimate of drug-likeness (QED) is 0.210. The predicted octanol–water partition coefficient (Wildman–Crippen LogP) is 3.51. The third kappa shape index (κ3) is 5.41. The molecule has 2 amide bonds. The Hall–Kier alpha value is -4.51. The standard InChI is InChI=1S/C25H23N5O5S/c1-34-18-11-10-15(12-19(18)35-2)23(32)28-21-22(26)29-25(30-24(21)33)36-13-20(31)27-17-9-5-7-14-6-3-4-8-16(14)17/h3-12H,13H2,1-2H3,(H,27,31)(H,28,32)(H3,26,29,30,33). The number of nitrogens with one attached hydrogen (secondary N) is 3. The van der Waals surface area contributed by atoms with Gasteiger partial charge in [0.15, 0.2) is 22.5 Å². The highest BCUT2D eigenvalue weighted by atomic mass is 32.2. The number of thioether (sulfide) groups is 1. The first-order chi connectivity index (χ1) is 17.4. The lowest BCUT2D eigenvalue weighted by Crippen LogP contribution is -2.23. The van der Waals surface area contributed by atoms with Crippen molar-refractivity contribution >= 4 is 51.5 Å². The number of amides is 2. The molecule has 184 valence electrons. The Morgan fingerprint density at radius 1 is 1.00 bits per heavy atom. The maximum absolute atomic E-state index is 12.7. The molecule has 0 atom stereocenters. The number of benzene rings is 3. The van der Waals surface area contributed by atoms with E-state index in [-0.39, 0.29) is 33.9 Å². The summed E-state index contributed by atoms with van der Waals surface area (Å²) in [5.41, 5.74) is 6.02. The van der Waals surface area contributed by atoms with Gasteiger partial charge in [-0.3, -0.25) is 19.4 Å². The lowest BCUT2D eigenvalue weighted by molar-refractivity contribution is -0.113. The van der Waals surface area contributed by atoms with Gasteiger partial charge in [0.25, 0.3) is 11.5 Å². The molecule has 0 bridgehead atoms. The molecule has 4 aromatic rings. The zero-order chi connectivity index (χ0) is 25.7. The average Bonchev–Trinajstić information content (AvgIpc) is 2.89. The zero-order valence-corrected chi connectivity index (χ0v) is 20.3. The Balaban J connectivity index is 1.42. The number of nitrogens with zero attached hydrogens (tertiary/aromatic N) is 1. The molecule has 3 aromatic carbocycles. The van der Waals surface area contributed by atoms with E-state index < -0.39 is 11.5 Å². The van der Waals surface area contributed by atoms with Crippen LogP contribution in [0.5, 0.6) is 11.5 Å². The summed E-state index contributed by atoms with van der Waals surface area (Å²) in [6, 6.07) is 17.9. The number of fused-ring (bicyclic) bond motifs is 1. The number of H-pyrrole nitrogens is 1. The molecule has 0 unspecified atom stereocenters. The van der Waals surface area contributed by atoms with Gasteiger partial charge in [-0.05, 0) is 29.7 Å². The second-order valence-electron chi connectivity index (χ2n) is 7.52. The van der Waals surface area contributed by atoms with E-state index in [1.807, 2.05) is 42.5 Å². The van der Waals surface area contributed by atoms with Crippen LogP contribution in [0.25, 0.3) is 10.8 Å². The SMILES string of the molecule is COc1ccc(C(=O)Nc2c(N)nc(SCC(=O)Nc3cccc4ccccc34)[nH]c2=O)cc1OC. The number of ether oxygens (including phenoxy) is 2. The van der Waals surface area contributed by atoms with Crippen molar-refractivity contribution in [2.45, 2.75) is 5.16 Å². The van der Waals surface area contributed by atoms with E-state index >= 15 is 0 Å². The number of aromatic amines is 1. The van der Waals surface area contributed by atoms with Crippen molar-refractivity contribution in [1.82, 2.24) is 9.97 Å². The Kier molecular flexibility index (Phi) is 7.40. The normalized spacial score (nSPS) is 10.6. The van der Waals surface area contributed by atoms with Crippen LogP contribution in [0.3, 0.4) is 0 Å². The van der Waals surface area contributed by atoms with Crippen molar-refractivity contribution in [3.05, 3.63) is 76.6 Å². The van der Waals surface area contributed by atoms with Crippen molar-refractivity contribution in [3.8, 4) is 11.5 Å². The van der Waals surface area contributed by atoms with Gasteiger partial charge in [-0.1, -0.05) is 48.2 Å². The highest BCUT2D eigenvalue weighted by molar-refractivity contribution is 7.99. The zero-order valence-electron chi connectivity index (χ0n) is 19.5. The molecule has 0 spiro atoms. The van der Waals surface area contributed by atoms with Crippen LogP contribution in [0.1, 0.15) is 10.4 Å². The lowest BCUT2D eigenvalue weighted by atomic mass is 10.1. The molecular weight excluding hydrogens is 482 g/mol. The van der Waals surface area contributed by atoms with E-state index in [1.165, 1.54) is 26.4 Å². The molecule has 0 saturated carbocycles. The van der Waals surface area contributed by atoms with Crippen molar-refractivity contribution in [2.24, 2.45) is 0 Å². The molecule has 5 N–H and O–H groups in total. The van der Waals surface area contributed by atoms with Gasteiger partial charge in [0.05, 0.1) is 20.0 Å². The number of rotatable bonds is 8. The van der Waals surface area contributed by atoms with Gasteiger partial charge < -0.3 is 25.8 Å². The van der Waals surface area contributed by atoms with Crippen LogP contribution in [-0.4, -0.2) is 41.8 Å². The number of methoxy groups -OCH3 is 2. The molecule has 11 heteroatoms. The number of hydrogen-bond donors (Lipinski definition) is 4. The third-order valence-corrected chi connectivity index (χ3v) is 6.09. The summed E-state index contributed by atoms with van der Waals surface area (Å²) < 4.78 is 10.4. The number of carbonyl (C=O) groups excluding carboxylic acids is 2. The molecule has 0 radical (unpaired) electrons. The lowest BCUT2D eigenvalue weighted by Gasteiger charge is -2.11. The summed E-state index contributed by atoms with van der Waals surface area (Å²) in [4.78, 5) is 44.4. The molecule has 36 heavy (non-hydrogen) atoms. The van der Waals surface area contributed by atoms with E-state index in [0.717, 1.165) is 22.5 Å². The first kappa shape index (κ1) is 24.6. The summed E-state index contributed by atoms with van der Waals surface area (Å²) in [6.45, 7) is 0. The van der Waals surface area contributed by atoms with E-state index in [1.54, 1.807) is 6.07 Å². The Morgan fingerprint density at radius 2 is 1.75 bits per heavy atom. The highest BCUT2D eigenvalue weighted by Gasteiger charge is 2.17. The fourth-order valence-corrected chi connectivity index (χ4v) is 4.14. The van der Waals surface area contributed by atoms with Gasteiger partial charge in [-0.15, -0.1) is 0 Å². The molecule has 4 rings (SSSR count). The smallest absolute Gasteiger partial charge is 0.277 e. The van der Waals surface area contributed by atoms with Gasteiger partial charge in [-0.2, -0.15) is 0 Å². The van der Waals surface area contributed by atoms with Crippen LogP contribution in [0, 0.1) is 0 Å². The van der Waals surface area contributed by atoms with Crippen LogP contribution in [0.4, 0.5) is 17.2 Å². The molecule has 0 aliphatic heterocycles. The average molecular weight is 506 g/mol. The first-order valence-corrected chi connectivity index (χ1v) is 11.7. The largest absolute Gasteiger partial charge is 0.493 e. The van der Waals surface area contributed by atoms with E-state index in [4.69, 9.17) is 15.2 Å². The molecule has 0 saturated heterocycles. The van der Waals surface area contributed by atoms with Crippen molar-refractivity contribution in [2.75, 3.05) is 36.3 Å². The monoisotopic (exact) mass is 505 g/mol.